The lowest BCUT2D eigenvalue weighted by atomic mass is 10.3. The van der Waals surface area contributed by atoms with Gasteiger partial charge in [0, 0.05) is 28.2 Å². The van der Waals surface area contributed by atoms with Gasteiger partial charge in [0.15, 0.2) is 0 Å². The van der Waals surface area contributed by atoms with Gasteiger partial charge in [0.2, 0.25) is 0 Å². The highest BCUT2D eigenvalue weighted by atomic mass is 79.9. The molecule has 0 heterocycles. The largest absolute Gasteiger partial charge is 0.492 e. The summed E-state index contributed by atoms with van der Waals surface area (Å²) in [6.07, 6.45) is 0. The molecular formula is C16H18BrNOS. The Balaban J connectivity index is 1.52. The van der Waals surface area contributed by atoms with Gasteiger partial charge < -0.3 is 10.1 Å². The Morgan fingerprint density at radius 3 is 2.65 bits per heavy atom. The van der Waals surface area contributed by atoms with E-state index >= 15 is 0 Å². The van der Waals surface area contributed by atoms with Crippen LogP contribution in [0.5, 0.6) is 5.75 Å². The van der Waals surface area contributed by atoms with Crippen molar-refractivity contribution in [1.29, 1.82) is 0 Å². The van der Waals surface area contributed by atoms with Crippen LogP contribution in [0.15, 0.2) is 64.0 Å². The second-order valence-electron chi connectivity index (χ2n) is 4.22. The monoisotopic (exact) mass is 351 g/mol. The van der Waals surface area contributed by atoms with Crippen LogP contribution in [-0.4, -0.2) is 25.4 Å². The normalized spacial score (nSPS) is 10.4. The average Bonchev–Trinajstić information content (AvgIpc) is 2.47. The number of ether oxygens (including phenoxy) is 1. The quantitative estimate of drug-likeness (QED) is 0.568. The summed E-state index contributed by atoms with van der Waals surface area (Å²) in [5, 5.41) is 3.38. The van der Waals surface area contributed by atoms with Crippen LogP contribution in [0.1, 0.15) is 0 Å². The van der Waals surface area contributed by atoms with Gasteiger partial charge in [-0.1, -0.05) is 40.2 Å². The molecule has 0 aliphatic heterocycles. The summed E-state index contributed by atoms with van der Waals surface area (Å²) in [4.78, 5) is 1.32. The summed E-state index contributed by atoms with van der Waals surface area (Å²) in [7, 11) is 0. The van der Waals surface area contributed by atoms with E-state index in [0.29, 0.717) is 6.61 Å². The van der Waals surface area contributed by atoms with Gasteiger partial charge in [0.1, 0.15) is 12.4 Å². The summed E-state index contributed by atoms with van der Waals surface area (Å²) in [5.74, 6) is 1.97. The maximum atomic E-state index is 5.65. The highest BCUT2D eigenvalue weighted by Gasteiger charge is 1.95. The molecule has 2 aromatic carbocycles. The van der Waals surface area contributed by atoms with Gasteiger partial charge in [-0.15, -0.1) is 11.8 Å². The maximum absolute atomic E-state index is 5.65. The molecule has 0 radical (unpaired) electrons. The molecule has 2 rings (SSSR count). The fourth-order valence-corrected chi connectivity index (χ4v) is 2.89. The van der Waals surface area contributed by atoms with Crippen molar-refractivity contribution in [2.24, 2.45) is 0 Å². The van der Waals surface area contributed by atoms with E-state index in [1.807, 2.05) is 42.1 Å². The average molecular weight is 352 g/mol. The van der Waals surface area contributed by atoms with Crippen molar-refractivity contribution < 1.29 is 4.74 Å². The lowest BCUT2D eigenvalue weighted by molar-refractivity contribution is 0.315. The molecule has 0 spiro atoms. The minimum Gasteiger partial charge on any atom is -0.492 e. The Morgan fingerprint density at radius 2 is 1.85 bits per heavy atom. The smallest absolute Gasteiger partial charge is 0.120 e. The zero-order valence-electron chi connectivity index (χ0n) is 11.2. The zero-order valence-corrected chi connectivity index (χ0v) is 13.6. The van der Waals surface area contributed by atoms with Gasteiger partial charge >= 0.3 is 0 Å². The van der Waals surface area contributed by atoms with E-state index in [1.165, 1.54) is 4.90 Å². The molecule has 0 aliphatic rings. The van der Waals surface area contributed by atoms with Crippen molar-refractivity contribution in [3.63, 3.8) is 0 Å². The molecule has 0 saturated heterocycles. The first-order valence-corrected chi connectivity index (χ1v) is 8.39. The Labute approximate surface area is 133 Å². The van der Waals surface area contributed by atoms with Gasteiger partial charge in [-0.05, 0) is 30.3 Å². The molecule has 1 N–H and O–H groups in total. The number of rotatable bonds is 8. The first kappa shape index (κ1) is 15.4. The number of halogens is 1. The fraction of sp³-hybridized carbons (Fsp3) is 0.250. The maximum Gasteiger partial charge on any atom is 0.120 e. The number of hydrogen-bond acceptors (Lipinski definition) is 3. The summed E-state index contributed by atoms with van der Waals surface area (Å²) >= 11 is 5.30. The van der Waals surface area contributed by atoms with E-state index in [0.717, 1.165) is 29.1 Å². The highest BCUT2D eigenvalue weighted by Crippen LogP contribution is 2.17. The first-order valence-electron chi connectivity index (χ1n) is 6.61. The molecule has 106 valence electrons. The molecule has 0 saturated carbocycles. The molecule has 0 aliphatic carbocycles. The minimum atomic E-state index is 0.687. The summed E-state index contributed by atoms with van der Waals surface area (Å²) in [6.45, 7) is 2.54. The number of thioether (sulfide) groups is 1. The van der Waals surface area contributed by atoms with E-state index in [1.54, 1.807) is 0 Å². The molecule has 0 amide bonds. The van der Waals surface area contributed by atoms with E-state index in [-0.39, 0.29) is 0 Å². The zero-order chi connectivity index (χ0) is 14.0. The molecule has 0 bridgehead atoms. The molecule has 0 fully saturated rings. The second-order valence-corrected chi connectivity index (χ2v) is 6.30. The molecule has 0 unspecified atom stereocenters. The van der Waals surface area contributed by atoms with Crippen LogP contribution < -0.4 is 10.1 Å². The SMILES string of the molecule is Brc1cccc(OCCNCCSc2ccccc2)c1. The Kier molecular flexibility index (Phi) is 6.98. The summed E-state index contributed by atoms with van der Waals surface area (Å²) in [5.41, 5.74) is 0. The van der Waals surface area contributed by atoms with Gasteiger partial charge in [-0.3, -0.25) is 0 Å². The Morgan fingerprint density at radius 1 is 1.00 bits per heavy atom. The van der Waals surface area contributed by atoms with E-state index in [2.05, 4.69) is 45.5 Å². The predicted octanol–water partition coefficient (Wildman–Crippen LogP) is 4.21. The number of nitrogens with one attached hydrogen (secondary N) is 1. The summed E-state index contributed by atoms with van der Waals surface area (Å²) < 4.78 is 6.70. The first-order chi connectivity index (χ1) is 9.84. The van der Waals surface area contributed by atoms with E-state index in [4.69, 9.17) is 4.74 Å². The number of benzene rings is 2. The summed E-state index contributed by atoms with van der Waals surface area (Å²) in [6, 6.07) is 18.4. The molecule has 2 aromatic rings. The molecule has 20 heavy (non-hydrogen) atoms. The van der Waals surface area contributed by atoms with E-state index < -0.39 is 0 Å². The molecule has 0 aromatic heterocycles. The van der Waals surface area contributed by atoms with Crippen LogP contribution in [0.2, 0.25) is 0 Å². The van der Waals surface area contributed by atoms with Crippen molar-refractivity contribution in [1.82, 2.24) is 5.32 Å². The van der Waals surface area contributed by atoms with E-state index in [9.17, 15) is 0 Å². The van der Waals surface area contributed by atoms with Gasteiger partial charge in [-0.2, -0.15) is 0 Å². The Bertz CT molecular complexity index is 507. The third-order valence-electron chi connectivity index (χ3n) is 2.63. The van der Waals surface area contributed by atoms with Crippen molar-refractivity contribution in [3.8, 4) is 5.75 Å². The van der Waals surface area contributed by atoms with Crippen molar-refractivity contribution in [2.45, 2.75) is 4.90 Å². The van der Waals surface area contributed by atoms with Gasteiger partial charge in [0.25, 0.3) is 0 Å². The van der Waals surface area contributed by atoms with Crippen LogP contribution in [0.3, 0.4) is 0 Å². The number of hydrogen-bond donors (Lipinski definition) is 1. The molecule has 0 atom stereocenters. The molecular weight excluding hydrogens is 334 g/mol. The minimum absolute atomic E-state index is 0.687. The highest BCUT2D eigenvalue weighted by molar-refractivity contribution is 9.10. The lowest BCUT2D eigenvalue weighted by Gasteiger charge is -2.07. The lowest BCUT2D eigenvalue weighted by Crippen LogP contribution is -2.23. The van der Waals surface area contributed by atoms with Gasteiger partial charge in [0.05, 0.1) is 0 Å². The molecule has 4 heteroatoms. The van der Waals surface area contributed by atoms with Crippen LogP contribution in [0, 0.1) is 0 Å². The molecule has 2 nitrogen and oxygen atoms in total. The van der Waals surface area contributed by atoms with Crippen LogP contribution in [-0.2, 0) is 0 Å². The van der Waals surface area contributed by atoms with Gasteiger partial charge in [-0.25, -0.2) is 0 Å². The van der Waals surface area contributed by atoms with Crippen molar-refractivity contribution in [3.05, 3.63) is 59.1 Å². The van der Waals surface area contributed by atoms with Crippen LogP contribution in [0.25, 0.3) is 0 Å². The van der Waals surface area contributed by atoms with Crippen molar-refractivity contribution in [2.75, 3.05) is 25.4 Å². The third kappa shape index (κ3) is 5.99. The van der Waals surface area contributed by atoms with Crippen LogP contribution >= 0.6 is 27.7 Å². The second kappa shape index (κ2) is 9.06. The van der Waals surface area contributed by atoms with Crippen molar-refractivity contribution >= 4 is 27.7 Å². The topological polar surface area (TPSA) is 21.3 Å². The fourth-order valence-electron chi connectivity index (χ4n) is 1.68. The standard InChI is InChI=1S/C16H18BrNOS/c17-14-5-4-6-15(13-14)19-11-9-18-10-12-20-16-7-2-1-3-8-16/h1-8,13,18H,9-12H2. The Hall–Kier alpha value is -0.970. The predicted molar refractivity (Wildman–Crippen MR) is 89.7 cm³/mol. The third-order valence-corrected chi connectivity index (χ3v) is 4.14. The van der Waals surface area contributed by atoms with Crippen LogP contribution in [0.4, 0.5) is 0 Å².